The number of nitrogens with one attached hydrogen (secondary N) is 1. The summed E-state index contributed by atoms with van der Waals surface area (Å²) in [7, 11) is 3.41. The largest absolute Gasteiger partial charge is 0.493 e. The molecule has 1 aliphatic carbocycles. The summed E-state index contributed by atoms with van der Waals surface area (Å²) in [6, 6.07) is 4.84. The van der Waals surface area contributed by atoms with Crippen molar-refractivity contribution in [3.8, 4) is 11.5 Å². The van der Waals surface area contributed by atoms with Crippen molar-refractivity contribution in [1.29, 1.82) is 0 Å². The van der Waals surface area contributed by atoms with Crippen LogP contribution in [-0.4, -0.2) is 25.2 Å². The smallest absolute Gasteiger partial charge is 0.161 e. The van der Waals surface area contributed by atoms with Gasteiger partial charge in [0.25, 0.3) is 0 Å². The average Bonchev–Trinajstić information content (AvgIpc) is 3.03. The summed E-state index contributed by atoms with van der Waals surface area (Å²) in [4.78, 5) is 6.33. The molecule has 0 bridgehead atoms. The Hall–Kier alpha value is -1.59. The molecule has 0 radical (unpaired) electrons. The third-order valence-electron chi connectivity index (χ3n) is 5.16. The zero-order valence-electron chi connectivity index (χ0n) is 14.5. The van der Waals surface area contributed by atoms with Gasteiger partial charge < -0.3 is 14.8 Å². The molecule has 0 spiro atoms. The number of nitrogens with zero attached hydrogens (tertiary/aromatic N) is 1. The summed E-state index contributed by atoms with van der Waals surface area (Å²) >= 11 is 1.91. The van der Waals surface area contributed by atoms with Crippen LogP contribution in [0.4, 0.5) is 0 Å². The van der Waals surface area contributed by atoms with Crippen molar-refractivity contribution in [2.45, 2.75) is 51.1 Å². The topological polar surface area (TPSA) is 43.4 Å². The van der Waals surface area contributed by atoms with Gasteiger partial charge in [0.2, 0.25) is 0 Å². The molecule has 128 valence electrons. The number of aryl methyl sites for hydroxylation is 2. The molecule has 1 aromatic heterocycles. The Morgan fingerprint density at radius 2 is 2.04 bits per heavy atom. The molecule has 4 rings (SSSR count). The van der Waals surface area contributed by atoms with Crippen molar-refractivity contribution in [3.05, 3.63) is 38.8 Å². The van der Waals surface area contributed by atoms with Crippen LogP contribution in [0.15, 0.2) is 12.1 Å². The second kappa shape index (κ2) is 6.37. The lowest BCUT2D eigenvalue weighted by Crippen LogP contribution is -2.42. The quantitative estimate of drug-likeness (QED) is 0.919. The number of fused-ring (bicyclic) bond motifs is 5. The fraction of sp³-hybridized carbons (Fsp3) is 0.526. The van der Waals surface area contributed by atoms with Gasteiger partial charge in [0.1, 0.15) is 0 Å². The molecule has 2 aliphatic rings. The summed E-state index contributed by atoms with van der Waals surface area (Å²) in [5.41, 5.74) is 4.00. The summed E-state index contributed by atoms with van der Waals surface area (Å²) in [6.07, 6.45) is 4.47. The van der Waals surface area contributed by atoms with Crippen LogP contribution in [0.2, 0.25) is 0 Å². The van der Waals surface area contributed by atoms with E-state index in [1.165, 1.54) is 26.7 Å². The van der Waals surface area contributed by atoms with E-state index in [0.29, 0.717) is 12.0 Å². The fourth-order valence-corrected chi connectivity index (χ4v) is 5.38. The highest BCUT2D eigenvalue weighted by atomic mass is 32.1. The molecule has 1 aromatic carbocycles. The Kier molecular flexibility index (Phi) is 4.22. The van der Waals surface area contributed by atoms with E-state index < -0.39 is 0 Å². The van der Waals surface area contributed by atoms with Crippen molar-refractivity contribution in [2.75, 3.05) is 14.2 Å². The Morgan fingerprint density at radius 3 is 2.79 bits per heavy atom. The molecule has 0 amide bonds. The first-order valence-electron chi connectivity index (χ1n) is 8.71. The van der Waals surface area contributed by atoms with Gasteiger partial charge in [0.05, 0.1) is 24.9 Å². The van der Waals surface area contributed by atoms with Gasteiger partial charge >= 0.3 is 0 Å². The highest BCUT2D eigenvalue weighted by Gasteiger charge is 2.37. The lowest BCUT2D eigenvalue weighted by Gasteiger charge is -2.37. The van der Waals surface area contributed by atoms with Gasteiger partial charge in [0, 0.05) is 23.4 Å². The standard InChI is InChI=1S/C19H24N2O2S/c1-4-5-17-21-14-10-20-13-7-6-11-8-15(22-2)16(23-3)9-12(11)18(13)19(14)24-17/h8-9,13,18,20H,4-7,10H2,1-3H3/t13-,18-/m1/s1. The van der Waals surface area contributed by atoms with Crippen molar-refractivity contribution in [1.82, 2.24) is 10.3 Å². The second-order valence-electron chi connectivity index (χ2n) is 6.58. The minimum atomic E-state index is 0.389. The molecule has 2 heterocycles. The molecule has 4 nitrogen and oxygen atoms in total. The van der Waals surface area contributed by atoms with Crippen LogP contribution in [0.1, 0.15) is 52.4 Å². The van der Waals surface area contributed by atoms with Crippen molar-refractivity contribution < 1.29 is 9.47 Å². The maximum atomic E-state index is 5.56. The van der Waals surface area contributed by atoms with Crippen molar-refractivity contribution >= 4 is 11.3 Å². The van der Waals surface area contributed by atoms with Crippen LogP contribution in [0.25, 0.3) is 0 Å². The first kappa shape index (κ1) is 15.9. The van der Waals surface area contributed by atoms with E-state index in [4.69, 9.17) is 14.5 Å². The number of methoxy groups -OCH3 is 2. The van der Waals surface area contributed by atoms with Crippen LogP contribution in [0.5, 0.6) is 11.5 Å². The first-order valence-corrected chi connectivity index (χ1v) is 9.53. The summed E-state index contributed by atoms with van der Waals surface area (Å²) < 4.78 is 11.0. The predicted molar refractivity (Wildman–Crippen MR) is 96.4 cm³/mol. The van der Waals surface area contributed by atoms with Gasteiger partial charge in [0.15, 0.2) is 11.5 Å². The molecule has 1 N–H and O–H groups in total. The van der Waals surface area contributed by atoms with Crippen molar-refractivity contribution in [3.63, 3.8) is 0 Å². The van der Waals surface area contributed by atoms with Crippen LogP contribution >= 0.6 is 11.3 Å². The Balaban J connectivity index is 1.82. The monoisotopic (exact) mass is 344 g/mol. The zero-order chi connectivity index (χ0) is 16.7. The Bertz CT molecular complexity index is 756. The zero-order valence-corrected chi connectivity index (χ0v) is 15.3. The third-order valence-corrected chi connectivity index (χ3v) is 6.40. The predicted octanol–water partition coefficient (Wildman–Crippen LogP) is 3.66. The normalized spacial score (nSPS) is 21.6. The molecule has 0 saturated heterocycles. The molecular weight excluding hydrogens is 320 g/mol. The van der Waals surface area contributed by atoms with Crippen LogP contribution in [0.3, 0.4) is 0 Å². The molecule has 0 fully saturated rings. The number of rotatable bonds is 4. The van der Waals surface area contributed by atoms with E-state index in [-0.39, 0.29) is 0 Å². The Morgan fingerprint density at radius 1 is 1.25 bits per heavy atom. The Labute approximate surface area is 147 Å². The average molecular weight is 344 g/mol. The lowest BCUT2D eigenvalue weighted by molar-refractivity contribution is 0.349. The number of hydrogen-bond acceptors (Lipinski definition) is 5. The second-order valence-corrected chi connectivity index (χ2v) is 7.69. The van der Waals surface area contributed by atoms with Gasteiger partial charge in [-0.25, -0.2) is 4.98 Å². The summed E-state index contributed by atoms with van der Waals surface area (Å²) in [5, 5.41) is 4.99. The lowest BCUT2D eigenvalue weighted by atomic mass is 9.76. The van der Waals surface area contributed by atoms with Gasteiger partial charge in [-0.15, -0.1) is 11.3 Å². The number of hydrogen-bond donors (Lipinski definition) is 1. The maximum Gasteiger partial charge on any atom is 0.161 e. The van der Waals surface area contributed by atoms with Gasteiger partial charge in [-0.3, -0.25) is 0 Å². The molecule has 0 saturated carbocycles. The first-order chi connectivity index (χ1) is 11.7. The minimum Gasteiger partial charge on any atom is -0.493 e. The van der Waals surface area contributed by atoms with E-state index in [2.05, 4.69) is 24.4 Å². The molecule has 0 unspecified atom stereocenters. The summed E-state index contributed by atoms with van der Waals surface area (Å²) in [6.45, 7) is 3.12. The highest BCUT2D eigenvalue weighted by Crippen LogP contribution is 2.46. The van der Waals surface area contributed by atoms with E-state index in [1.54, 1.807) is 14.2 Å². The van der Waals surface area contributed by atoms with E-state index in [1.807, 2.05) is 11.3 Å². The van der Waals surface area contributed by atoms with Gasteiger partial charge in [-0.1, -0.05) is 6.92 Å². The number of benzene rings is 1. The van der Waals surface area contributed by atoms with Crippen LogP contribution < -0.4 is 14.8 Å². The van der Waals surface area contributed by atoms with Gasteiger partial charge in [-0.05, 0) is 48.9 Å². The highest BCUT2D eigenvalue weighted by molar-refractivity contribution is 7.11. The van der Waals surface area contributed by atoms with E-state index in [9.17, 15) is 0 Å². The summed E-state index contributed by atoms with van der Waals surface area (Å²) in [5.74, 6) is 2.04. The molecule has 1 aliphatic heterocycles. The molecule has 2 atom stereocenters. The third kappa shape index (κ3) is 2.50. The van der Waals surface area contributed by atoms with Gasteiger partial charge in [-0.2, -0.15) is 0 Å². The SMILES string of the molecule is CCCc1nc2c(s1)[C@@H]1c3cc(OC)c(OC)cc3CC[C@H]1NC2. The number of ether oxygens (including phenoxy) is 2. The minimum absolute atomic E-state index is 0.389. The van der Waals surface area contributed by atoms with E-state index in [0.717, 1.165) is 43.7 Å². The number of thiazole rings is 1. The molecule has 24 heavy (non-hydrogen) atoms. The molecular formula is C19H24N2O2S. The fourth-order valence-electron chi connectivity index (χ4n) is 4.01. The van der Waals surface area contributed by atoms with Crippen LogP contribution in [0, 0.1) is 0 Å². The molecule has 2 aromatic rings. The van der Waals surface area contributed by atoms with Crippen molar-refractivity contribution in [2.24, 2.45) is 0 Å². The number of aromatic nitrogens is 1. The van der Waals surface area contributed by atoms with E-state index >= 15 is 0 Å². The maximum absolute atomic E-state index is 5.56. The van der Waals surface area contributed by atoms with Crippen LogP contribution in [-0.2, 0) is 19.4 Å². The molecule has 5 heteroatoms.